The van der Waals surface area contributed by atoms with Gasteiger partial charge in [0.25, 0.3) is 0 Å². The van der Waals surface area contributed by atoms with E-state index < -0.39 is 0 Å². The number of hydrogen-bond acceptors (Lipinski definition) is 2. The van der Waals surface area contributed by atoms with Crippen molar-refractivity contribution < 1.29 is 4.79 Å². The SMILES string of the molecule is C#CCCCCNCC(=O)Nc1cc(Cl)ccc1C. The third kappa shape index (κ3) is 6.28. The van der Waals surface area contributed by atoms with Crippen molar-refractivity contribution in [1.29, 1.82) is 0 Å². The molecule has 3 nitrogen and oxygen atoms in total. The number of carbonyl (C=O) groups is 1. The Morgan fingerprint density at radius 1 is 1.42 bits per heavy atom. The first-order valence-electron chi connectivity index (χ1n) is 6.33. The highest BCUT2D eigenvalue weighted by atomic mass is 35.5. The second-order valence-corrected chi connectivity index (χ2v) is 4.78. The van der Waals surface area contributed by atoms with E-state index in [1.54, 1.807) is 12.1 Å². The van der Waals surface area contributed by atoms with Gasteiger partial charge in [-0.1, -0.05) is 17.7 Å². The largest absolute Gasteiger partial charge is 0.325 e. The number of anilines is 1. The Labute approximate surface area is 119 Å². The van der Waals surface area contributed by atoms with Crippen LogP contribution in [0, 0.1) is 19.3 Å². The van der Waals surface area contributed by atoms with Crippen molar-refractivity contribution in [3.8, 4) is 12.3 Å². The van der Waals surface area contributed by atoms with Gasteiger partial charge in [0.2, 0.25) is 5.91 Å². The first-order valence-corrected chi connectivity index (χ1v) is 6.71. The highest BCUT2D eigenvalue weighted by Gasteiger charge is 2.04. The molecule has 0 aliphatic rings. The molecule has 0 spiro atoms. The van der Waals surface area contributed by atoms with Crippen LogP contribution in [0.4, 0.5) is 5.69 Å². The third-order valence-electron chi connectivity index (χ3n) is 2.68. The van der Waals surface area contributed by atoms with Gasteiger partial charge in [0, 0.05) is 17.1 Å². The lowest BCUT2D eigenvalue weighted by molar-refractivity contribution is -0.115. The van der Waals surface area contributed by atoms with E-state index in [2.05, 4.69) is 16.6 Å². The Bertz CT molecular complexity index is 466. The lowest BCUT2D eigenvalue weighted by Gasteiger charge is -2.09. The van der Waals surface area contributed by atoms with Crippen LogP contribution in [0.5, 0.6) is 0 Å². The fourth-order valence-corrected chi connectivity index (χ4v) is 1.77. The number of unbranched alkanes of at least 4 members (excludes halogenated alkanes) is 2. The average Bonchev–Trinajstić information content (AvgIpc) is 2.38. The first kappa shape index (κ1) is 15.6. The Kier molecular flexibility index (Phi) is 7.02. The molecule has 19 heavy (non-hydrogen) atoms. The monoisotopic (exact) mass is 278 g/mol. The van der Waals surface area contributed by atoms with Crippen LogP contribution in [0.3, 0.4) is 0 Å². The molecule has 0 aliphatic heterocycles. The normalized spacial score (nSPS) is 9.95. The number of aryl methyl sites for hydroxylation is 1. The zero-order chi connectivity index (χ0) is 14.1. The highest BCUT2D eigenvalue weighted by molar-refractivity contribution is 6.31. The van der Waals surface area contributed by atoms with Crippen LogP contribution in [-0.4, -0.2) is 19.0 Å². The van der Waals surface area contributed by atoms with Gasteiger partial charge in [-0.3, -0.25) is 4.79 Å². The van der Waals surface area contributed by atoms with Crippen molar-refractivity contribution in [2.75, 3.05) is 18.4 Å². The molecule has 102 valence electrons. The number of amides is 1. The third-order valence-corrected chi connectivity index (χ3v) is 2.92. The molecular formula is C15H19ClN2O. The quantitative estimate of drug-likeness (QED) is 0.595. The summed E-state index contributed by atoms with van der Waals surface area (Å²) >= 11 is 5.89. The van der Waals surface area contributed by atoms with Gasteiger partial charge >= 0.3 is 0 Å². The minimum atomic E-state index is -0.0673. The van der Waals surface area contributed by atoms with Gasteiger partial charge in [-0.25, -0.2) is 0 Å². The predicted molar refractivity (Wildman–Crippen MR) is 80.4 cm³/mol. The Morgan fingerprint density at radius 3 is 2.95 bits per heavy atom. The molecule has 0 radical (unpaired) electrons. The number of carbonyl (C=O) groups excluding carboxylic acids is 1. The predicted octanol–water partition coefficient (Wildman–Crippen LogP) is 2.98. The maximum Gasteiger partial charge on any atom is 0.238 e. The molecule has 4 heteroatoms. The molecule has 0 aromatic heterocycles. The first-order chi connectivity index (χ1) is 9.13. The van der Waals surface area contributed by atoms with Gasteiger partial charge in [-0.05, 0) is 44.0 Å². The van der Waals surface area contributed by atoms with Gasteiger partial charge in [-0.15, -0.1) is 12.3 Å². The van der Waals surface area contributed by atoms with Crippen molar-refractivity contribution in [3.05, 3.63) is 28.8 Å². The van der Waals surface area contributed by atoms with Gasteiger partial charge in [-0.2, -0.15) is 0 Å². The average molecular weight is 279 g/mol. The van der Waals surface area contributed by atoms with Crippen LogP contribution >= 0.6 is 11.6 Å². The summed E-state index contributed by atoms with van der Waals surface area (Å²) in [5.41, 5.74) is 1.75. The smallest absolute Gasteiger partial charge is 0.238 e. The van der Waals surface area contributed by atoms with Crippen LogP contribution in [0.2, 0.25) is 5.02 Å². The van der Waals surface area contributed by atoms with E-state index in [0.29, 0.717) is 11.6 Å². The molecule has 1 aromatic rings. The Balaban J connectivity index is 2.28. The summed E-state index contributed by atoms with van der Waals surface area (Å²) in [6.45, 7) is 3.02. The minimum absolute atomic E-state index is 0.0673. The van der Waals surface area contributed by atoms with E-state index in [1.165, 1.54) is 0 Å². The molecule has 1 amide bonds. The number of rotatable bonds is 7. The van der Waals surface area contributed by atoms with Crippen LogP contribution in [-0.2, 0) is 4.79 Å². The van der Waals surface area contributed by atoms with Gasteiger partial charge in [0.1, 0.15) is 0 Å². The van der Waals surface area contributed by atoms with Gasteiger partial charge in [0.05, 0.1) is 6.54 Å². The fraction of sp³-hybridized carbons (Fsp3) is 0.400. The molecule has 0 saturated heterocycles. The van der Waals surface area contributed by atoms with Crippen molar-refractivity contribution >= 4 is 23.2 Å². The molecule has 0 aliphatic carbocycles. The van der Waals surface area contributed by atoms with E-state index in [1.807, 2.05) is 13.0 Å². The highest BCUT2D eigenvalue weighted by Crippen LogP contribution is 2.19. The second kappa shape index (κ2) is 8.58. The summed E-state index contributed by atoms with van der Waals surface area (Å²) < 4.78 is 0. The second-order valence-electron chi connectivity index (χ2n) is 4.35. The Hall–Kier alpha value is -1.50. The summed E-state index contributed by atoms with van der Waals surface area (Å²) in [6, 6.07) is 5.43. The van der Waals surface area contributed by atoms with E-state index in [0.717, 1.165) is 37.1 Å². The van der Waals surface area contributed by atoms with Crippen LogP contribution in [0.15, 0.2) is 18.2 Å². The van der Waals surface area contributed by atoms with Crippen LogP contribution in [0.1, 0.15) is 24.8 Å². The van der Waals surface area contributed by atoms with Gasteiger partial charge < -0.3 is 10.6 Å². The van der Waals surface area contributed by atoms with E-state index in [9.17, 15) is 4.79 Å². The molecule has 0 fully saturated rings. The number of nitrogens with one attached hydrogen (secondary N) is 2. The maximum atomic E-state index is 11.7. The van der Waals surface area contributed by atoms with Crippen molar-refractivity contribution in [3.63, 3.8) is 0 Å². The van der Waals surface area contributed by atoms with Crippen molar-refractivity contribution in [2.45, 2.75) is 26.2 Å². The van der Waals surface area contributed by atoms with Crippen molar-refractivity contribution in [2.24, 2.45) is 0 Å². The zero-order valence-electron chi connectivity index (χ0n) is 11.1. The molecule has 0 bridgehead atoms. The molecule has 2 N–H and O–H groups in total. The summed E-state index contributed by atoms with van der Waals surface area (Å²) in [5, 5.41) is 6.53. The lowest BCUT2D eigenvalue weighted by Crippen LogP contribution is -2.29. The molecule has 0 saturated carbocycles. The molecular weight excluding hydrogens is 260 g/mol. The summed E-state index contributed by atoms with van der Waals surface area (Å²) in [4.78, 5) is 11.7. The van der Waals surface area contributed by atoms with E-state index in [-0.39, 0.29) is 5.91 Å². The number of halogens is 1. The molecule has 1 aromatic carbocycles. The standard InChI is InChI=1S/C15H19ClN2O/c1-3-4-5-6-9-17-11-15(19)18-14-10-13(16)8-7-12(14)2/h1,7-8,10,17H,4-6,9,11H2,2H3,(H,18,19). The lowest BCUT2D eigenvalue weighted by atomic mass is 10.2. The van der Waals surface area contributed by atoms with Gasteiger partial charge in [0.15, 0.2) is 0 Å². The topological polar surface area (TPSA) is 41.1 Å². The number of hydrogen-bond donors (Lipinski definition) is 2. The molecule has 0 atom stereocenters. The number of terminal acetylenes is 1. The maximum absolute atomic E-state index is 11.7. The summed E-state index contributed by atoms with van der Waals surface area (Å²) in [6.07, 6.45) is 7.91. The van der Waals surface area contributed by atoms with E-state index in [4.69, 9.17) is 18.0 Å². The summed E-state index contributed by atoms with van der Waals surface area (Å²) in [5.74, 6) is 2.52. The summed E-state index contributed by atoms with van der Waals surface area (Å²) in [7, 11) is 0. The van der Waals surface area contributed by atoms with E-state index >= 15 is 0 Å². The molecule has 1 rings (SSSR count). The Morgan fingerprint density at radius 2 is 2.21 bits per heavy atom. The minimum Gasteiger partial charge on any atom is -0.325 e. The zero-order valence-corrected chi connectivity index (χ0v) is 11.9. The number of benzene rings is 1. The van der Waals surface area contributed by atoms with Crippen LogP contribution < -0.4 is 10.6 Å². The molecule has 0 unspecified atom stereocenters. The fourth-order valence-electron chi connectivity index (χ4n) is 1.60. The van der Waals surface area contributed by atoms with Crippen LogP contribution in [0.25, 0.3) is 0 Å². The van der Waals surface area contributed by atoms with Crippen molar-refractivity contribution in [1.82, 2.24) is 5.32 Å². The molecule has 0 heterocycles.